The van der Waals surface area contributed by atoms with Crippen molar-refractivity contribution in [1.29, 1.82) is 0 Å². The van der Waals surface area contributed by atoms with E-state index >= 15 is 0 Å². The normalized spacial score (nSPS) is 11.1. The number of benzene rings is 2. The number of hydrogen-bond donors (Lipinski definition) is 3. The fourth-order valence-corrected chi connectivity index (χ4v) is 2.37. The van der Waals surface area contributed by atoms with E-state index in [-0.39, 0.29) is 23.6 Å². The summed E-state index contributed by atoms with van der Waals surface area (Å²) >= 11 is 11.8. The third-order valence-electron chi connectivity index (χ3n) is 3.08. The summed E-state index contributed by atoms with van der Waals surface area (Å²) in [6.45, 7) is 1.60. The van der Waals surface area contributed by atoms with Crippen LogP contribution in [0.1, 0.15) is 23.7 Å². The highest BCUT2D eigenvalue weighted by atomic mass is 35.5. The summed E-state index contributed by atoms with van der Waals surface area (Å²) in [7, 11) is 0. The standard InChI is InChI=1S/C17H15Cl2N3O3/c1-10(21-22-17(25)11-3-2-4-13(23)8-11)7-16(24)20-15-6-5-12(18)9-14(15)19/h2-6,8-9,23H,7H2,1H3,(H,20,24)(H,22,25). The van der Waals surface area contributed by atoms with Crippen molar-refractivity contribution in [1.82, 2.24) is 5.43 Å². The van der Waals surface area contributed by atoms with Gasteiger partial charge in [0.2, 0.25) is 5.91 Å². The number of nitrogens with zero attached hydrogens (tertiary/aromatic N) is 1. The van der Waals surface area contributed by atoms with Crippen LogP contribution in [0.25, 0.3) is 0 Å². The van der Waals surface area contributed by atoms with Gasteiger partial charge in [0.15, 0.2) is 0 Å². The molecule has 2 amide bonds. The van der Waals surface area contributed by atoms with E-state index in [1.54, 1.807) is 25.1 Å². The fourth-order valence-electron chi connectivity index (χ4n) is 1.92. The highest BCUT2D eigenvalue weighted by Crippen LogP contribution is 2.25. The molecule has 0 aliphatic carbocycles. The van der Waals surface area contributed by atoms with E-state index in [9.17, 15) is 14.7 Å². The smallest absolute Gasteiger partial charge is 0.271 e. The van der Waals surface area contributed by atoms with Gasteiger partial charge in [0.05, 0.1) is 17.1 Å². The Hall–Kier alpha value is -2.57. The number of phenols is 1. The molecule has 0 spiro atoms. The van der Waals surface area contributed by atoms with Crippen molar-refractivity contribution in [3.8, 4) is 5.75 Å². The van der Waals surface area contributed by atoms with Gasteiger partial charge in [0.25, 0.3) is 5.91 Å². The maximum absolute atomic E-state index is 12.0. The summed E-state index contributed by atoms with van der Waals surface area (Å²) in [5.41, 5.74) is 3.42. The Morgan fingerprint density at radius 2 is 1.92 bits per heavy atom. The van der Waals surface area contributed by atoms with Crippen LogP contribution in [0, 0.1) is 0 Å². The summed E-state index contributed by atoms with van der Waals surface area (Å²) in [6, 6.07) is 10.6. The minimum Gasteiger partial charge on any atom is -0.508 e. The van der Waals surface area contributed by atoms with Crippen LogP contribution in [0.3, 0.4) is 0 Å². The maximum Gasteiger partial charge on any atom is 0.271 e. The van der Waals surface area contributed by atoms with Crippen LogP contribution >= 0.6 is 23.2 Å². The number of carbonyl (C=O) groups is 2. The van der Waals surface area contributed by atoms with Gasteiger partial charge in [-0.25, -0.2) is 5.43 Å². The molecule has 130 valence electrons. The Kier molecular flexibility index (Phi) is 6.38. The zero-order valence-corrected chi connectivity index (χ0v) is 14.7. The average Bonchev–Trinajstić information content (AvgIpc) is 2.55. The minimum absolute atomic E-state index is 0.0208. The fraction of sp³-hybridized carbons (Fsp3) is 0.118. The maximum atomic E-state index is 12.0. The van der Waals surface area contributed by atoms with E-state index in [1.165, 1.54) is 24.3 Å². The second kappa shape index (κ2) is 8.50. The third kappa shape index (κ3) is 5.77. The molecule has 0 heterocycles. The van der Waals surface area contributed by atoms with Gasteiger partial charge in [0, 0.05) is 16.3 Å². The SMILES string of the molecule is CC(CC(=O)Nc1ccc(Cl)cc1Cl)=NNC(=O)c1cccc(O)c1. The van der Waals surface area contributed by atoms with Gasteiger partial charge in [-0.2, -0.15) is 5.10 Å². The molecule has 3 N–H and O–H groups in total. The Bertz CT molecular complexity index is 838. The zero-order chi connectivity index (χ0) is 18.4. The first kappa shape index (κ1) is 18.8. The number of anilines is 1. The van der Waals surface area contributed by atoms with Crippen molar-refractivity contribution in [3.63, 3.8) is 0 Å². The molecule has 8 heteroatoms. The first-order valence-electron chi connectivity index (χ1n) is 7.22. The molecule has 0 aromatic heterocycles. The highest BCUT2D eigenvalue weighted by Gasteiger charge is 2.09. The molecule has 0 saturated heterocycles. The van der Waals surface area contributed by atoms with Crippen LogP contribution in [0.2, 0.25) is 10.0 Å². The molecule has 2 aromatic rings. The second-order valence-electron chi connectivity index (χ2n) is 5.19. The number of hydrazone groups is 1. The van der Waals surface area contributed by atoms with Crippen molar-refractivity contribution >= 4 is 46.4 Å². The molecule has 0 aliphatic heterocycles. The number of carbonyl (C=O) groups excluding carboxylic acids is 2. The Balaban J connectivity index is 1.92. The van der Waals surface area contributed by atoms with Crippen LogP contribution in [0.5, 0.6) is 5.75 Å². The predicted octanol–water partition coefficient (Wildman–Crippen LogP) is 3.83. The lowest BCUT2D eigenvalue weighted by molar-refractivity contribution is -0.115. The van der Waals surface area contributed by atoms with E-state index in [4.69, 9.17) is 23.2 Å². The van der Waals surface area contributed by atoms with Crippen LogP contribution in [0.15, 0.2) is 47.6 Å². The van der Waals surface area contributed by atoms with Gasteiger partial charge in [-0.05, 0) is 43.3 Å². The van der Waals surface area contributed by atoms with E-state index in [0.29, 0.717) is 21.4 Å². The van der Waals surface area contributed by atoms with E-state index in [0.717, 1.165) is 0 Å². The molecule has 25 heavy (non-hydrogen) atoms. The Labute approximate surface area is 154 Å². The van der Waals surface area contributed by atoms with Gasteiger partial charge in [-0.3, -0.25) is 9.59 Å². The topological polar surface area (TPSA) is 90.8 Å². The molecule has 6 nitrogen and oxygen atoms in total. The minimum atomic E-state index is -0.489. The van der Waals surface area contributed by atoms with Crippen molar-refractivity contribution in [2.24, 2.45) is 5.10 Å². The lowest BCUT2D eigenvalue weighted by Gasteiger charge is -2.07. The molecule has 0 aliphatic rings. The largest absolute Gasteiger partial charge is 0.508 e. The summed E-state index contributed by atoms with van der Waals surface area (Å²) in [5.74, 6) is -0.846. The zero-order valence-electron chi connectivity index (χ0n) is 13.2. The van der Waals surface area contributed by atoms with Gasteiger partial charge < -0.3 is 10.4 Å². The Morgan fingerprint density at radius 1 is 1.16 bits per heavy atom. The molecule has 2 aromatic carbocycles. The van der Waals surface area contributed by atoms with Crippen LogP contribution in [-0.4, -0.2) is 22.6 Å². The average molecular weight is 380 g/mol. The highest BCUT2D eigenvalue weighted by molar-refractivity contribution is 6.36. The summed E-state index contributed by atoms with van der Waals surface area (Å²) in [5, 5.41) is 16.7. The van der Waals surface area contributed by atoms with Gasteiger partial charge in [-0.1, -0.05) is 29.3 Å². The number of aromatic hydroxyl groups is 1. The second-order valence-corrected chi connectivity index (χ2v) is 6.03. The lowest BCUT2D eigenvalue weighted by atomic mass is 10.2. The van der Waals surface area contributed by atoms with Gasteiger partial charge in [-0.15, -0.1) is 0 Å². The Morgan fingerprint density at radius 3 is 2.60 bits per heavy atom. The summed E-state index contributed by atoms with van der Waals surface area (Å²) in [6.07, 6.45) is -0.0285. The van der Waals surface area contributed by atoms with E-state index < -0.39 is 5.91 Å². The number of halogens is 2. The number of nitrogens with one attached hydrogen (secondary N) is 2. The van der Waals surface area contributed by atoms with Gasteiger partial charge >= 0.3 is 0 Å². The molecule has 0 bridgehead atoms. The van der Waals surface area contributed by atoms with Crippen LogP contribution < -0.4 is 10.7 Å². The quantitative estimate of drug-likeness (QED) is 0.544. The molecular weight excluding hydrogens is 365 g/mol. The molecular formula is C17H15Cl2N3O3. The first-order chi connectivity index (χ1) is 11.8. The van der Waals surface area contributed by atoms with Crippen molar-refractivity contribution < 1.29 is 14.7 Å². The van der Waals surface area contributed by atoms with Crippen LogP contribution in [0.4, 0.5) is 5.69 Å². The van der Waals surface area contributed by atoms with Gasteiger partial charge in [0.1, 0.15) is 5.75 Å². The molecule has 0 fully saturated rings. The third-order valence-corrected chi connectivity index (χ3v) is 3.63. The van der Waals surface area contributed by atoms with Crippen molar-refractivity contribution in [2.45, 2.75) is 13.3 Å². The molecule has 2 rings (SSSR count). The summed E-state index contributed by atoms with van der Waals surface area (Å²) < 4.78 is 0. The monoisotopic (exact) mass is 379 g/mol. The predicted molar refractivity (Wildman–Crippen MR) is 98.4 cm³/mol. The molecule has 0 saturated carbocycles. The first-order valence-corrected chi connectivity index (χ1v) is 7.98. The number of amides is 2. The summed E-state index contributed by atoms with van der Waals surface area (Å²) in [4.78, 5) is 23.9. The lowest BCUT2D eigenvalue weighted by Crippen LogP contribution is -2.21. The van der Waals surface area contributed by atoms with E-state index in [1.807, 2.05) is 0 Å². The van der Waals surface area contributed by atoms with E-state index in [2.05, 4.69) is 15.8 Å². The number of phenolic OH excluding ortho intramolecular Hbond substituents is 1. The molecule has 0 radical (unpaired) electrons. The molecule has 0 atom stereocenters. The van der Waals surface area contributed by atoms with Crippen LogP contribution in [-0.2, 0) is 4.79 Å². The number of hydrogen-bond acceptors (Lipinski definition) is 4. The van der Waals surface area contributed by atoms with Crippen molar-refractivity contribution in [3.05, 3.63) is 58.1 Å². The van der Waals surface area contributed by atoms with Crippen molar-refractivity contribution in [2.75, 3.05) is 5.32 Å². The molecule has 0 unspecified atom stereocenters. The number of rotatable bonds is 5.